The van der Waals surface area contributed by atoms with Gasteiger partial charge in [-0.15, -0.1) is 0 Å². The average molecular weight is 124 g/mol. The predicted molar refractivity (Wildman–Crippen MR) is 41.5 cm³/mol. The Labute approximate surface area is 58.0 Å². The number of hydrogen-bond acceptors (Lipinski definition) is 0. The molecule has 9 heavy (non-hydrogen) atoms. The van der Waals surface area contributed by atoms with Gasteiger partial charge in [0.25, 0.3) is 0 Å². The molecule has 1 saturated carbocycles. The lowest BCUT2D eigenvalue weighted by Gasteiger charge is -2.12. The summed E-state index contributed by atoms with van der Waals surface area (Å²) >= 11 is 0. The molecule has 0 aliphatic heterocycles. The van der Waals surface area contributed by atoms with E-state index in [1.807, 2.05) is 0 Å². The average Bonchev–Trinajstić information content (AvgIpc) is 1.91. The monoisotopic (exact) mass is 124 g/mol. The molecule has 0 heterocycles. The maximum Gasteiger partial charge on any atom is -0.0320 e. The molecule has 0 saturated heterocycles. The molecule has 52 valence electrons. The molecule has 1 aliphatic carbocycles. The minimum atomic E-state index is 1.23. The van der Waals surface area contributed by atoms with Gasteiger partial charge in [0, 0.05) is 0 Å². The van der Waals surface area contributed by atoms with Crippen LogP contribution in [0.15, 0.2) is 11.6 Å². The molecule has 0 spiro atoms. The Bertz CT molecular complexity index is 92.6. The maximum absolute atomic E-state index is 2.40. The second-order valence-electron chi connectivity index (χ2n) is 2.83. The molecule has 0 nitrogen and oxygen atoms in total. The second kappa shape index (κ2) is 3.71. The van der Waals surface area contributed by atoms with Gasteiger partial charge < -0.3 is 0 Å². The molecular weight excluding hydrogens is 108 g/mol. The van der Waals surface area contributed by atoms with E-state index in [0.717, 1.165) is 0 Å². The van der Waals surface area contributed by atoms with Gasteiger partial charge in [0.15, 0.2) is 0 Å². The summed E-state index contributed by atoms with van der Waals surface area (Å²) in [4.78, 5) is 0. The Morgan fingerprint density at radius 1 is 1.22 bits per heavy atom. The predicted octanol–water partition coefficient (Wildman–Crippen LogP) is 3.29. The number of allylic oxidation sites excluding steroid dienone is 2. The van der Waals surface area contributed by atoms with E-state index in [1.165, 1.54) is 38.5 Å². The largest absolute Gasteiger partial charge is 0.0856 e. The Kier molecular flexibility index (Phi) is 2.82. The van der Waals surface area contributed by atoms with Gasteiger partial charge in [0.2, 0.25) is 0 Å². The molecule has 1 fully saturated rings. The van der Waals surface area contributed by atoms with Crippen molar-refractivity contribution in [1.82, 2.24) is 0 Å². The van der Waals surface area contributed by atoms with Crippen LogP contribution in [0.25, 0.3) is 0 Å². The van der Waals surface area contributed by atoms with Gasteiger partial charge >= 0.3 is 0 Å². The van der Waals surface area contributed by atoms with E-state index >= 15 is 0 Å². The van der Waals surface area contributed by atoms with Crippen LogP contribution in [0, 0.1) is 0 Å². The zero-order chi connectivity index (χ0) is 6.53. The standard InChI is InChI=1S/C9H16/c1-2-6-9-7-4-3-5-8-9/h6H,2-5,7-8H2,1H3. The fourth-order valence-corrected chi connectivity index (χ4v) is 1.50. The molecule has 1 aliphatic rings. The van der Waals surface area contributed by atoms with Crippen LogP contribution in [-0.2, 0) is 0 Å². The van der Waals surface area contributed by atoms with Crippen LogP contribution in [0.2, 0.25) is 0 Å². The number of hydrogen-bond donors (Lipinski definition) is 0. The zero-order valence-corrected chi connectivity index (χ0v) is 6.32. The van der Waals surface area contributed by atoms with E-state index in [4.69, 9.17) is 0 Å². The van der Waals surface area contributed by atoms with Crippen LogP contribution in [-0.4, -0.2) is 0 Å². The lowest BCUT2D eigenvalue weighted by atomic mass is 9.94. The first-order valence-corrected chi connectivity index (χ1v) is 4.11. The summed E-state index contributed by atoms with van der Waals surface area (Å²) in [5, 5.41) is 0. The highest BCUT2D eigenvalue weighted by molar-refractivity contribution is 5.03. The van der Waals surface area contributed by atoms with Crippen molar-refractivity contribution in [3.63, 3.8) is 0 Å². The molecule has 0 unspecified atom stereocenters. The minimum Gasteiger partial charge on any atom is -0.0856 e. The molecule has 0 atom stereocenters. The molecule has 0 aromatic rings. The van der Waals surface area contributed by atoms with E-state index in [0.29, 0.717) is 0 Å². The van der Waals surface area contributed by atoms with E-state index < -0.39 is 0 Å². The maximum atomic E-state index is 2.40. The van der Waals surface area contributed by atoms with Gasteiger partial charge in [0.05, 0.1) is 0 Å². The lowest BCUT2D eigenvalue weighted by molar-refractivity contribution is 0.596. The third-order valence-electron chi connectivity index (χ3n) is 1.99. The minimum absolute atomic E-state index is 1.23. The Balaban J connectivity index is 2.30. The van der Waals surface area contributed by atoms with Crippen molar-refractivity contribution in [3.8, 4) is 0 Å². The molecule has 1 rings (SSSR count). The molecule has 0 N–H and O–H groups in total. The topological polar surface area (TPSA) is 0 Å². The van der Waals surface area contributed by atoms with Crippen LogP contribution in [0.5, 0.6) is 0 Å². The van der Waals surface area contributed by atoms with Crippen molar-refractivity contribution >= 4 is 0 Å². The van der Waals surface area contributed by atoms with Crippen LogP contribution in [0.3, 0.4) is 0 Å². The molecule has 0 bridgehead atoms. The van der Waals surface area contributed by atoms with Crippen molar-refractivity contribution in [2.24, 2.45) is 0 Å². The van der Waals surface area contributed by atoms with Gasteiger partial charge in [-0.3, -0.25) is 0 Å². The summed E-state index contributed by atoms with van der Waals surface area (Å²) in [6.45, 7) is 2.22. The molecule has 0 heteroatoms. The Hall–Kier alpha value is -0.260. The van der Waals surface area contributed by atoms with E-state index in [1.54, 1.807) is 5.57 Å². The Morgan fingerprint density at radius 2 is 1.89 bits per heavy atom. The van der Waals surface area contributed by atoms with Gasteiger partial charge in [-0.2, -0.15) is 0 Å². The van der Waals surface area contributed by atoms with Crippen molar-refractivity contribution in [2.45, 2.75) is 45.4 Å². The summed E-state index contributed by atoms with van der Waals surface area (Å²) in [7, 11) is 0. The summed E-state index contributed by atoms with van der Waals surface area (Å²) < 4.78 is 0. The SMILES string of the molecule is CCC=C1CCCCC1. The molecule has 0 aromatic carbocycles. The van der Waals surface area contributed by atoms with Crippen molar-refractivity contribution in [1.29, 1.82) is 0 Å². The van der Waals surface area contributed by atoms with Gasteiger partial charge in [-0.25, -0.2) is 0 Å². The van der Waals surface area contributed by atoms with Crippen LogP contribution in [0.1, 0.15) is 45.4 Å². The van der Waals surface area contributed by atoms with E-state index in [9.17, 15) is 0 Å². The molecular formula is C9H16. The third-order valence-corrected chi connectivity index (χ3v) is 1.99. The summed E-state index contributed by atoms with van der Waals surface area (Å²) in [6.07, 6.45) is 10.7. The summed E-state index contributed by atoms with van der Waals surface area (Å²) in [5.74, 6) is 0. The zero-order valence-electron chi connectivity index (χ0n) is 6.32. The van der Waals surface area contributed by atoms with Crippen molar-refractivity contribution in [2.75, 3.05) is 0 Å². The first-order valence-electron chi connectivity index (χ1n) is 4.11. The fourth-order valence-electron chi connectivity index (χ4n) is 1.50. The van der Waals surface area contributed by atoms with Crippen LogP contribution >= 0.6 is 0 Å². The smallest absolute Gasteiger partial charge is 0.0320 e. The van der Waals surface area contributed by atoms with Gasteiger partial charge in [-0.05, 0) is 32.1 Å². The third kappa shape index (κ3) is 2.21. The fraction of sp³-hybridized carbons (Fsp3) is 0.778. The first kappa shape index (κ1) is 6.85. The van der Waals surface area contributed by atoms with Crippen molar-refractivity contribution in [3.05, 3.63) is 11.6 Å². The Morgan fingerprint density at radius 3 is 2.44 bits per heavy atom. The van der Waals surface area contributed by atoms with E-state index in [2.05, 4.69) is 13.0 Å². The number of rotatable bonds is 1. The van der Waals surface area contributed by atoms with Gasteiger partial charge in [-0.1, -0.05) is 25.0 Å². The summed E-state index contributed by atoms with van der Waals surface area (Å²) in [6, 6.07) is 0. The highest BCUT2D eigenvalue weighted by Gasteiger charge is 2.02. The summed E-state index contributed by atoms with van der Waals surface area (Å²) in [5.41, 5.74) is 1.71. The van der Waals surface area contributed by atoms with Gasteiger partial charge in [0.1, 0.15) is 0 Å². The highest BCUT2D eigenvalue weighted by atomic mass is 14.1. The highest BCUT2D eigenvalue weighted by Crippen LogP contribution is 2.22. The van der Waals surface area contributed by atoms with Crippen LogP contribution < -0.4 is 0 Å². The molecule has 0 aromatic heterocycles. The normalized spacial score (nSPS) is 19.9. The lowest BCUT2D eigenvalue weighted by Crippen LogP contribution is -1.92. The van der Waals surface area contributed by atoms with E-state index in [-0.39, 0.29) is 0 Å². The quantitative estimate of drug-likeness (QED) is 0.470. The van der Waals surface area contributed by atoms with Crippen LogP contribution in [0.4, 0.5) is 0 Å². The molecule has 0 amide bonds. The van der Waals surface area contributed by atoms with Crippen molar-refractivity contribution < 1.29 is 0 Å². The first-order chi connectivity index (χ1) is 4.43. The molecule has 0 radical (unpaired) electrons. The second-order valence-corrected chi connectivity index (χ2v) is 2.83.